The standard InChI is InChI=1S/C21H21F2N3O3/c1-13(2)29-17-7-5-16(6-8-17)25-12-24-26(20(25)27)14(3)21(11-28-21)18-9-4-15(22)10-19(18)23/h4-10,12-14H,11H2,1-3H3/t14-,21-/m1/s1. The van der Waals surface area contributed by atoms with Crippen LogP contribution in [0.15, 0.2) is 53.6 Å². The van der Waals surface area contributed by atoms with Crippen LogP contribution in [0.5, 0.6) is 5.75 Å². The Bertz CT molecular complexity index is 1090. The van der Waals surface area contributed by atoms with E-state index in [1.165, 1.54) is 27.7 Å². The number of halogens is 2. The van der Waals surface area contributed by atoms with Gasteiger partial charge in [-0.25, -0.2) is 22.8 Å². The number of aromatic nitrogens is 3. The van der Waals surface area contributed by atoms with E-state index < -0.39 is 23.3 Å². The predicted octanol–water partition coefficient (Wildman–Crippen LogP) is 3.59. The van der Waals surface area contributed by atoms with E-state index in [0.29, 0.717) is 11.4 Å². The smallest absolute Gasteiger partial charge is 0.350 e. The molecule has 0 saturated carbocycles. The van der Waals surface area contributed by atoms with Gasteiger partial charge in [0.05, 0.1) is 24.4 Å². The topological polar surface area (TPSA) is 61.6 Å². The minimum atomic E-state index is -1.05. The number of epoxide rings is 1. The van der Waals surface area contributed by atoms with Crippen LogP contribution < -0.4 is 10.4 Å². The van der Waals surface area contributed by atoms with Crippen LogP contribution in [-0.2, 0) is 10.3 Å². The molecule has 1 aliphatic heterocycles. The molecule has 1 aliphatic rings. The Balaban J connectivity index is 1.64. The summed E-state index contributed by atoms with van der Waals surface area (Å²) in [4.78, 5) is 12.9. The lowest BCUT2D eigenvalue weighted by atomic mass is 9.92. The molecule has 1 aromatic heterocycles. The van der Waals surface area contributed by atoms with Gasteiger partial charge in [-0.1, -0.05) is 6.07 Å². The van der Waals surface area contributed by atoms with Gasteiger partial charge in [0.1, 0.15) is 29.3 Å². The molecule has 2 atom stereocenters. The zero-order valence-corrected chi connectivity index (χ0v) is 16.3. The number of ether oxygens (including phenoxy) is 2. The SMILES string of the molecule is CC(C)Oc1ccc(-n2cnn([C@H](C)[C@@]3(c4ccc(F)cc4F)CO3)c2=O)cc1. The third kappa shape index (κ3) is 3.44. The maximum atomic E-state index is 14.3. The highest BCUT2D eigenvalue weighted by molar-refractivity contribution is 5.37. The second-order valence-corrected chi connectivity index (χ2v) is 7.37. The summed E-state index contributed by atoms with van der Waals surface area (Å²) in [5.41, 5.74) is -0.589. The molecule has 4 rings (SSSR count). The molecular formula is C21H21F2N3O3. The van der Waals surface area contributed by atoms with Gasteiger partial charge in [0.15, 0.2) is 0 Å². The molecule has 0 radical (unpaired) electrons. The molecule has 0 amide bonds. The molecule has 29 heavy (non-hydrogen) atoms. The zero-order chi connectivity index (χ0) is 20.8. The average Bonchev–Trinajstić information content (AvgIpc) is 3.38. The molecule has 2 aromatic carbocycles. The van der Waals surface area contributed by atoms with Crippen molar-refractivity contribution in [1.29, 1.82) is 0 Å². The molecule has 152 valence electrons. The summed E-state index contributed by atoms with van der Waals surface area (Å²) in [6.07, 6.45) is 1.46. The second kappa shape index (κ2) is 7.11. The Kier molecular flexibility index (Phi) is 4.74. The van der Waals surface area contributed by atoms with E-state index >= 15 is 0 Å². The largest absolute Gasteiger partial charge is 0.491 e. The normalized spacial score (nSPS) is 19.4. The average molecular weight is 401 g/mol. The molecule has 8 heteroatoms. The van der Waals surface area contributed by atoms with Crippen LogP contribution in [0.2, 0.25) is 0 Å². The van der Waals surface area contributed by atoms with E-state index in [1.807, 2.05) is 13.8 Å². The van der Waals surface area contributed by atoms with Gasteiger partial charge in [-0.15, -0.1) is 0 Å². The number of rotatable bonds is 6. The summed E-state index contributed by atoms with van der Waals surface area (Å²) in [5, 5.41) is 4.20. The fourth-order valence-corrected chi connectivity index (χ4v) is 3.45. The summed E-state index contributed by atoms with van der Waals surface area (Å²) < 4.78 is 41.4. The minimum Gasteiger partial charge on any atom is -0.491 e. The van der Waals surface area contributed by atoms with Crippen LogP contribution in [0.3, 0.4) is 0 Å². The van der Waals surface area contributed by atoms with Crippen molar-refractivity contribution >= 4 is 0 Å². The number of hydrogen-bond donors (Lipinski definition) is 0. The van der Waals surface area contributed by atoms with Crippen molar-refractivity contribution < 1.29 is 18.3 Å². The quantitative estimate of drug-likeness (QED) is 0.593. The highest BCUT2D eigenvalue weighted by Crippen LogP contribution is 2.48. The molecule has 0 spiro atoms. The molecule has 2 heterocycles. The van der Waals surface area contributed by atoms with Crippen molar-refractivity contribution in [2.24, 2.45) is 0 Å². The van der Waals surface area contributed by atoms with Crippen molar-refractivity contribution in [3.63, 3.8) is 0 Å². The summed E-state index contributed by atoms with van der Waals surface area (Å²) in [6, 6.07) is 9.84. The van der Waals surface area contributed by atoms with Crippen LogP contribution >= 0.6 is 0 Å². The first-order valence-electron chi connectivity index (χ1n) is 9.34. The maximum absolute atomic E-state index is 14.3. The van der Waals surface area contributed by atoms with Crippen LogP contribution in [-0.4, -0.2) is 27.1 Å². The third-order valence-corrected chi connectivity index (χ3v) is 5.06. The van der Waals surface area contributed by atoms with Crippen LogP contribution in [0.25, 0.3) is 5.69 Å². The second-order valence-electron chi connectivity index (χ2n) is 7.37. The Hall–Kier alpha value is -3.00. The van der Waals surface area contributed by atoms with Crippen molar-refractivity contribution in [1.82, 2.24) is 14.3 Å². The van der Waals surface area contributed by atoms with Gasteiger partial charge in [0.25, 0.3) is 0 Å². The Morgan fingerprint density at radius 3 is 2.41 bits per heavy atom. The van der Waals surface area contributed by atoms with Crippen molar-refractivity contribution in [2.45, 2.75) is 38.5 Å². The minimum absolute atomic E-state index is 0.0498. The van der Waals surface area contributed by atoms with Gasteiger partial charge in [-0.3, -0.25) is 0 Å². The molecule has 0 bridgehead atoms. The van der Waals surface area contributed by atoms with Crippen molar-refractivity contribution in [2.75, 3.05) is 6.61 Å². The van der Waals surface area contributed by atoms with Gasteiger partial charge >= 0.3 is 5.69 Å². The fourth-order valence-electron chi connectivity index (χ4n) is 3.45. The van der Waals surface area contributed by atoms with E-state index in [1.54, 1.807) is 31.2 Å². The van der Waals surface area contributed by atoms with Crippen molar-refractivity contribution in [3.05, 3.63) is 76.5 Å². The maximum Gasteiger partial charge on any atom is 0.350 e. The summed E-state index contributed by atoms with van der Waals surface area (Å²) >= 11 is 0. The zero-order valence-electron chi connectivity index (χ0n) is 16.3. The molecule has 3 aromatic rings. The lowest BCUT2D eigenvalue weighted by Gasteiger charge is -2.20. The van der Waals surface area contributed by atoms with E-state index in [2.05, 4.69) is 5.10 Å². The first kappa shape index (κ1) is 19.3. The van der Waals surface area contributed by atoms with Gasteiger partial charge in [-0.05, 0) is 51.1 Å². The van der Waals surface area contributed by atoms with E-state index in [-0.39, 0.29) is 24.0 Å². The number of nitrogens with zero attached hydrogens (tertiary/aromatic N) is 3. The van der Waals surface area contributed by atoms with E-state index in [9.17, 15) is 13.6 Å². The Morgan fingerprint density at radius 1 is 1.14 bits per heavy atom. The molecule has 0 unspecified atom stereocenters. The van der Waals surface area contributed by atoms with Gasteiger partial charge < -0.3 is 9.47 Å². The third-order valence-electron chi connectivity index (χ3n) is 5.06. The van der Waals surface area contributed by atoms with Crippen molar-refractivity contribution in [3.8, 4) is 11.4 Å². The van der Waals surface area contributed by atoms with Crippen LogP contribution in [0.4, 0.5) is 8.78 Å². The lowest BCUT2D eigenvalue weighted by molar-refractivity contribution is 0.211. The molecule has 1 fully saturated rings. The van der Waals surface area contributed by atoms with Crippen LogP contribution in [0.1, 0.15) is 32.4 Å². The fraction of sp³-hybridized carbons (Fsp3) is 0.333. The predicted molar refractivity (Wildman–Crippen MR) is 102 cm³/mol. The Labute approximate surface area is 166 Å². The first-order chi connectivity index (χ1) is 13.8. The monoisotopic (exact) mass is 401 g/mol. The Morgan fingerprint density at radius 2 is 1.83 bits per heavy atom. The molecule has 6 nitrogen and oxygen atoms in total. The molecule has 0 N–H and O–H groups in total. The number of hydrogen-bond acceptors (Lipinski definition) is 4. The highest BCUT2D eigenvalue weighted by atomic mass is 19.1. The van der Waals surface area contributed by atoms with E-state index in [0.717, 1.165) is 6.07 Å². The summed E-state index contributed by atoms with van der Waals surface area (Å²) in [5.74, 6) is -0.668. The van der Waals surface area contributed by atoms with Gasteiger partial charge in [0, 0.05) is 11.6 Å². The van der Waals surface area contributed by atoms with Gasteiger partial charge in [0.2, 0.25) is 0 Å². The van der Waals surface area contributed by atoms with E-state index in [4.69, 9.17) is 9.47 Å². The summed E-state index contributed by atoms with van der Waals surface area (Å²) in [7, 11) is 0. The summed E-state index contributed by atoms with van der Waals surface area (Å²) in [6.45, 7) is 5.82. The van der Waals surface area contributed by atoms with Gasteiger partial charge in [-0.2, -0.15) is 5.10 Å². The molecule has 1 saturated heterocycles. The lowest BCUT2D eigenvalue weighted by Crippen LogP contribution is -2.33. The number of benzene rings is 2. The molecular weight excluding hydrogens is 380 g/mol. The first-order valence-corrected chi connectivity index (χ1v) is 9.34. The highest BCUT2D eigenvalue weighted by Gasteiger charge is 2.54. The molecule has 0 aliphatic carbocycles. The van der Waals surface area contributed by atoms with Crippen LogP contribution in [0, 0.1) is 11.6 Å².